The van der Waals surface area contributed by atoms with E-state index in [1.54, 1.807) is 0 Å². The van der Waals surface area contributed by atoms with Gasteiger partial charge in [0.25, 0.3) is 5.69 Å². The van der Waals surface area contributed by atoms with E-state index >= 15 is 0 Å². The number of halogens is 2. The fourth-order valence-electron chi connectivity index (χ4n) is 1.41. The Morgan fingerprint density at radius 3 is 2.45 bits per heavy atom. The number of non-ortho nitro benzene ring substituents is 1. The molecule has 0 spiro atoms. The molecule has 0 aromatic heterocycles. The Hall–Kier alpha value is -2.62. The van der Waals surface area contributed by atoms with Gasteiger partial charge in [0.1, 0.15) is 5.75 Å². The zero-order valence-electron chi connectivity index (χ0n) is 9.53. The number of carbonyl (C=O) groups excluding carboxylic acids is 1. The number of nitro benzene ring substituents is 1. The van der Waals surface area contributed by atoms with Crippen molar-refractivity contribution in [2.45, 2.75) is 12.7 Å². The van der Waals surface area contributed by atoms with Gasteiger partial charge in [-0.3, -0.25) is 14.9 Å². The maximum Gasteiger partial charge on any atom is 0.387 e. The largest absolute Gasteiger partial charge is 0.479 e. The van der Waals surface area contributed by atoms with Crippen LogP contribution in [0.1, 0.15) is 22.0 Å². The van der Waals surface area contributed by atoms with E-state index in [9.17, 15) is 33.6 Å². The molecule has 2 N–H and O–H groups in total. The highest BCUT2D eigenvalue weighted by Crippen LogP contribution is 2.34. The number of benzene rings is 1. The van der Waals surface area contributed by atoms with Gasteiger partial charge in [0, 0.05) is 17.7 Å². The lowest BCUT2D eigenvalue weighted by Crippen LogP contribution is -2.15. The normalized spacial score (nSPS) is 12.0. The monoisotopic (exact) mass is 291 g/mol. The quantitative estimate of drug-likeness (QED) is 0.456. The first-order valence-electron chi connectivity index (χ1n) is 4.91. The lowest BCUT2D eigenvalue weighted by molar-refractivity contribution is -0.385. The van der Waals surface area contributed by atoms with Crippen molar-refractivity contribution in [1.29, 1.82) is 0 Å². The summed E-state index contributed by atoms with van der Waals surface area (Å²) in [5, 5.41) is 28.6. The third-order valence-electron chi connectivity index (χ3n) is 2.20. The first kappa shape index (κ1) is 15.4. The number of carbonyl (C=O) groups is 2. The molecule has 1 unspecified atom stereocenters. The number of alkyl halides is 2. The molecule has 1 aromatic carbocycles. The standard InChI is InChI=1S/C10H7F2NO7/c11-10(12)20-8-4(3-14)1-5(13(18)19)2-6(8)7(15)9(16)17/h1-3,7,10,15H,(H,16,17). The Balaban J connectivity index is 3.55. The summed E-state index contributed by atoms with van der Waals surface area (Å²) in [6.45, 7) is -3.41. The number of carboxylic acid groups (broad SMARTS) is 1. The Morgan fingerprint density at radius 1 is 1.45 bits per heavy atom. The molecule has 1 atom stereocenters. The first-order chi connectivity index (χ1) is 9.27. The predicted octanol–water partition coefficient (Wildman–Crippen LogP) is 1.13. The molecule has 0 saturated carbocycles. The van der Waals surface area contributed by atoms with Crippen molar-refractivity contribution in [3.05, 3.63) is 33.4 Å². The minimum Gasteiger partial charge on any atom is -0.479 e. The van der Waals surface area contributed by atoms with Crippen LogP contribution < -0.4 is 4.74 Å². The summed E-state index contributed by atoms with van der Waals surface area (Å²) in [6.07, 6.45) is -2.38. The van der Waals surface area contributed by atoms with Gasteiger partial charge < -0.3 is 14.9 Å². The number of rotatable bonds is 6. The summed E-state index contributed by atoms with van der Waals surface area (Å²) in [5.74, 6) is -2.77. The van der Waals surface area contributed by atoms with Gasteiger partial charge in [-0.05, 0) is 0 Å². The molecule has 0 saturated heterocycles. The number of hydrogen-bond donors (Lipinski definition) is 2. The Kier molecular flexibility index (Phi) is 4.64. The van der Waals surface area contributed by atoms with Crippen LogP contribution in [-0.4, -0.2) is 34.0 Å². The second kappa shape index (κ2) is 6.02. The van der Waals surface area contributed by atoms with Gasteiger partial charge in [-0.15, -0.1) is 0 Å². The van der Waals surface area contributed by atoms with Gasteiger partial charge in [0.15, 0.2) is 12.4 Å². The highest BCUT2D eigenvalue weighted by molar-refractivity contribution is 5.84. The molecule has 0 heterocycles. The van der Waals surface area contributed by atoms with Crippen LogP contribution in [0.5, 0.6) is 5.75 Å². The predicted molar refractivity (Wildman–Crippen MR) is 57.7 cm³/mol. The maximum absolute atomic E-state index is 12.2. The number of ether oxygens (including phenoxy) is 1. The smallest absolute Gasteiger partial charge is 0.387 e. The molecule has 0 aliphatic carbocycles. The molecule has 0 amide bonds. The summed E-state index contributed by atoms with van der Waals surface area (Å²) in [6, 6.07) is 1.17. The summed E-state index contributed by atoms with van der Waals surface area (Å²) in [4.78, 5) is 31.1. The van der Waals surface area contributed by atoms with Crippen LogP contribution in [-0.2, 0) is 4.79 Å². The third kappa shape index (κ3) is 3.23. The molecule has 1 rings (SSSR count). The topological polar surface area (TPSA) is 127 Å². The molecule has 1 aromatic rings. The minimum atomic E-state index is -3.41. The number of aldehydes is 1. The molecule has 0 bridgehead atoms. The van der Waals surface area contributed by atoms with E-state index in [0.29, 0.717) is 12.1 Å². The third-order valence-corrected chi connectivity index (χ3v) is 2.20. The molecule has 0 aliphatic heterocycles. The van der Waals surface area contributed by atoms with E-state index in [1.807, 2.05) is 0 Å². The fraction of sp³-hybridized carbons (Fsp3) is 0.200. The fourth-order valence-corrected chi connectivity index (χ4v) is 1.41. The van der Waals surface area contributed by atoms with E-state index in [4.69, 9.17) is 5.11 Å². The van der Waals surface area contributed by atoms with E-state index in [2.05, 4.69) is 4.74 Å². The molecule has 0 fully saturated rings. The number of aliphatic hydroxyl groups excluding tert-OH is 1. The second-order valence-electron chi connectivity index (χ2n) is 3.45. The lowest BCUT2D eigenvalue weighted by atomic mass is 10.0. The number of aliphatic hydroxyl groups is 1. The van der Waals surface area contributed by atoms with Crippen LogP contribution in [0.3, 0.4) is 0 Å². The van der Waals surface area contributed by atoms with Crippen molar-refractivity contribution >= 4 is 17.9 Å². The minimum absolute atomic E-state index is 0.0250. The number of aliphatic carboxylic acids is 1. The van der Waals surface area contributed by atoms with Crippen LogP contribution >= 0.6 is 0 Å². The zero-order valence-corrected chi connectivity index (χ0v) is 9.53. The van der Waals surface area contributed by atoms with Crippen molar-refractivity contribution in [3.8, 4) is 5.75 Å². The summed E-state index contributed by atoms with van der Waals surface area (Å²) in [5.41, 5.74) is -2.23. The first-order valence-corrected chi connectivity index (χ1v) is 4.91. The average molecular weight is 291 g/mol. The molecule has 10 heteroatoms. The highest BCUT2D eigenvalue weighted by atomic mass is 19.3. The van der Waals surface area contributed by atoms with Crippen molar-refractivity contribution in [1.82, 2.24) is 0 Å². The van der Waals surface area contributed by atoms with Crippen molar-refractivity contribution in [2.75, 3.05) is 0 Å². The van der Waals surface area contributed by atoms with Gasteiger partial charge >= 0.3 is 12.6 Å². The summed E-state index contributed by atoms with van der Waals surface area (Å²) in [7, 11) is 0. The second-order valence-corrected chi connectivity index (χ2v) is 3.45. The van der Waals surface area contributed by atoms with Crippen molar-refractivity contribution in [3.63, 3.8) is 0 Å². The van der Waals surface area contributed by atoms with Crippen molar-refractivity contribution < 1.29 is 38.2 Å². The number of nitro groups is 1. The summed E-state index contributed by atoms with van der Waals surface area (Å²) < 4.78 is 28.4. The number of nitrogens with zero attached hydrogens (tertiary/aromatic N) is 1. The van der Waals surface area contributed by atoms with Crippen LogP contribution in [0.4, 0.5) is 14.5 Å². The van der Waals surface area contributed by atoms with Crippen LogP contribution in [0, 0.1) is 10.1 Å². The van der Waals surface area contributed by atoms with Gasteiger partial charge in [-0.1, -0.05) is 0 Å². The van der Waals surface area contributed by atoms with Gasteiger partial charge in [-0.2, -0.15) is 8.78 Å². The summed E-state index contributed by atoms with van der Waals surface area (Å²) >= 11 is 0. The maximum atomic E-state index is 12.2. The number of hydrogen-bond acceptors (Lipinski definition) is 6. The van der Waals surface area contributed by atoms with Crippen molar-refractivity contribution in [2.24, 2.45) is 0 Å². The van der Waals surface area contributed by atoms with E-state index in [-0.39, 0.29) is 6.29 Å². The molecule has 108 valence electrons. The van der Waals surface area contributed by atoms with Gasteiger partial charge in [-0.25, -0.2) is 4.79 Å². The SMILES string of the molecule is O=Cc1cc([N+](=O)[O-])cc(C(O)C(=O)O)c1OC(F)F. The Bertz CT molecular complexity index is 561. The van der Waals surface area contributed by atoms with Crippen LogP contribution in [0.15, 0.2) is 12.1 Å². The van der Waals surface area contributed by atoms with Gasteiger partial charge in [0.05, 0.1) is 10.5 Å². The van der Waals surface area contributed by atoms with E-state index in [1.165, 1.54) is 0 Å². The van der Waals surface area contributed by atoms with E-state index in [0.717, 1.165) is 0 Å². The van der Waals surface area contributed by atoms with E-state index < -0.39 is 46.2 Å². The average Bonchev–Trinajstić information content (AvgIpc) is 2.36. The molecular formula is C10H7F2NO7. The molecule has 0 aliphatic rings. The molecule has 8 nitrogen and oxygen atoms in total. The Labute approximate surface area is 109 Å². The van der Waals surface area contributed by atoms with Crippen LogP contribution in [0.2, 0.25) is 0 Å². The Morgan fingerprint density at radius 2 is 2.05 bits per heavy atom. The highest BCUT2D eigenvalue weighted by Gasteiger charge is 2.28. The molecular weight excluding hydrogens is 284 g/mol. The number of carboxylic acids is 1. The van der Waals surface area contributed by atoms with Crippen LogP contribution in [0.25, 0.3) is 0 Å². The zero-order chi connectivity index (χ0) is 15.4. The lowest BCUT2D eigenvalue weighted by Gasteiger charge is -2.14. The molecule has 0 radical (unpaired) electrons. The van der Waals surface area contributed by atoms with Gasteiger partial charge in [0.2, 0.25) is 0 Å². The molecule has 20 heavy (non-hydrogen) atoms.